The molecule has 0 radical (unpaired) electrons. The van der Waals surface area contributed by atoms with Gasteiger partial charge in [0.15, 0.2) is 0 Å². The molecule has 0 amide bonds. The summed E-state index contributed by atoms with van der Waals surface area (Å²) in [6.07, 6.45) is 7.00. The molecule has 0 aromatic rings. The Morgan fingerprint density at radius 2 is 1.94 bits per heavy atom. The number of hydrogen-bond donors (Lipinski definition) is 1. The quantitative estimate of drug-likeness (QED) is 0.700. The van der Waals surface area contributed by atoms with Gasteiger partial charge < -0.3 is 5.32 Å². The molecule has 2 bridgehead atoms. The zero-order valence-electron chi connectivity index (χ0n) is 10.7. The first kappa shape index (κ1) is 10.8. The summed E-state index contributed by atoms with van der Waals surface area (Å²) in [6, 6.07) is 0.728. The van der Waals surface area contributed by atoms with Crippen molar-refractivity contribution in [1.29, 1.82) is 0 Å². The van der Waals surface area contributed by atoms with Crippen LogP contribution in [0.5, 0.6) is 0 Å². The van der Waals surface area contributed by atoms with E-state index in [9.17, 15) is 0 Å². The van der Waals surface area contributed by atoms with Crippen LogP contribution >= 0.6 is 0 Å². The Morgan fingerprint density at radius 3 is 2.44 bits per heavy atom. The Labute approximate surface area is 99.7 Å². The van der Waals surface area contributed by atoms with E-state index in [4.69, 9.17) is 0 Å². The summed E-state index contributed by atoms with van der Waals surface area (Å²) < 4.78 is 0. The lowest BCUT2D eigenvalue weighted by Gasteiger charge is -2.20. The largest absolute Gasteiger partial charge is 0.316 e. The fourth-order valence-corrected chi connectivity index (χ4v) is 4.82. The molecule has 1 heteroatoms. The van der Waals surface area contributed by atoms with Crippen LogP contribution < -0.4 is 5.32 Å². The second kappa shape index (κ2) is 3.87. The van der Waals surface area contributed by atoms with Crippen LogP contribution in [-0.4, -0.2) is 13.1 Å². The van der Waals surface area contributed by atoms with Crippen molar-refractivity contribution in [3.05, 3.63) is 12.2 Å². The van der Waals surface area contributed by atoms with Gasteiger partial charge in [-0.1, -0.05) is 19.1 Å². The van der Waals surface area contributed by atoms with Gasteiger partial charge in [-0.25, -0.2) is 0 Å². The van der Waals surface area contributed by atoms with Gasteiger partial charge in [0.1, 0.15) is 0 Å². The third-order valence-corrected chi connectivity index (χ3v) is 5.64. The zero-order chi connectivity index (χ0) is 11.3. The minimum Gasteiger partial charge on any atom is -0.316 e. The van der Waals surface area contributed by atoms with E-state index in [1.54, 1.807) is 6.42 Å². The molecule has 90 valence electrons. The molecule has 0 heterocycles. The lowest BCUT2D eigenvalue weighted by molar-refractivity contribution is 0.375. The molecule has 3 aliphatic carbocycles. The summed E-state index contributed by atoms with van der Waals surface area (Å²) in [5.74, 6) is 5.40. The van der Waals surface area contributed by atoms with Crippen molar-refractivity contribution in [2.75, 3.05) is 7.05 Å². The molecule has 1 nitrogen and oxygen atoms in total. The summed E-state index contributed by atoms with van der Waals surface area (Å²) in [5.41, 5.74) is 1.43. The SMILES string of the molecule is C=C(CC)CC(NC)C1C2C3CCC(C3)C21. The van der Waals surface area contributed by atoms with Crippen molar-refractivity contribution >= 4 is 0 Å². The molecule has 3 saturated carbocycles. The molecule has 5 unspecified atom stereocenters. The fraction of sp³-hybridized carbons (Fsp3) is 0.867. The van der Waals surface area contributed by atoms with Crippen molar-refractivity contribution in [3.8, 4) is 0 Å². The van der Waals surface area contributed by atoms with Gasteiger partial charge in [-0.3, -0.25) is 0 Å². The number of fused-ring (bicyclic) bond motifs is 5. The second-order valence-electron chi connectivity index (χ2n) is 6.27. The van der Waals surface area contributed by atoms with E-state index in [0.717, 1.165) is 42.1 Å². The minimum atomic E-state index is 0.728. The van der Waals surface area contributed by atoms with Crippen LogP contribution in [0.3, 0.4) is 0 Å². The van der Waals surface area contributed by atoms with Crippen molar-refractivity contribution in [2.24, 2.45) is 29.6 Å². The Kier molecular flexibility index (Phi) is 2.62. The lowest BCUT2D eigenvalue weighted by atomic mass is 9.93. The fourth-order valence-electron chi connectivity index (χ4n) is 4.82. The van der Waals surface area contributed by atoms with Crippen LogP contribution in [0.25, 0.3) is 0 Å². The first-order chi connectivity index (χ1) is 7.76. The average Bonchev–Trinajstić information content (AvgIpc) is 2.73. The molecule has 1 N–H and O–H groups in total. The van der Waals surface area contributed by atoms with Crippen LogP contribution in [0.4, 0.5) is 0 Å². The van der Waals surface area contributed by atoms with Crippen molar-refractivity contribution in [1.82, 2.24) is 5.32 Å². The van der Waals surface area contributed by atoms with Crippen LogP contribution in [0.1, 0.15) is 39.0 Å². The smallest absolute Gasteiger partial charge is 0.0135 e. The summed E-state index contributed by atoms with van der Waals surface area (Å²) in [7, 11) is 2.14. The minimum absolute atomic E-state index is 0.728. The maximum atomic E-state index is 4.18. The Balaban J connectivity index is 1.63. The molecule has 3 fully saturated rings. The Bertz CT molecular complexity index is 280. The maximum Gasteiger partial charge on any atom is 0.0135 e. The van der Waals surface area contributed by atoms with Crippen LogP contribution in [-0.2, 0) is 0 Å². The number of nitrogens with one attached hydrogen (secondary N) is 1. The third kappa shape index (κ3) is 1.48. The highest BCUT2D eigenvalue weighted by Gasteiger charge is 2.66. The van der Waals surface area contributed by atoms with E-state index in [0.29, 0.717) is 0 Å². The van der Waals surface area contributed by atoms with Gasteiger partial charge >= 0.3 is 0 Å². The van der Waals surface area contributed by atoms with Crippen molar-refractivity contribution < 1.29 is 0 Å². The molecule has 0 aromatic carbocycles. The van der Waals surface area contributed by atoms with E-state index in [1.165, 1.54) is 24.8 Å². The predicted molar refractivity (Wildman–Crippen MR) is 68.2 cm³/mol. The van der Waals surface area contributed by atoms with E-state index in [-0.39, 0.29) is 0 Å². The topological polar surface area (TPSA) is 12.0 Å². The molecule has 3 rings (SSSR count). The summed E-state index contributed by atoms with van der Waals surface area (Å²) in [4.78, 5) is 0. The first-order valence-electron chi connectivity index (χ1n) is 7.10. The molecule has 0 saturated heterocycles. The molecular weight excluding hydrogens is 194 g/mol. The van der Waals surface area contributed by atoms with Crippen molar-refractivity contribution in [2.45, 2.75) is 45.1 Å². The molecule has 16 heavy (non-hydrogen) atoms. The van der Waals surface area contributed by atoms with Crippen LogP contribution in [0.2, 0.25) is 0 Å². The maximum absolute atomic E-state index is 4.18. The molecule has 3 aliphatic rings. The summed E-state index contributed by atoms with van der Waals surface area (Å²) in [6.45, 7) is 6.41. The van der Waals surface area contributed by atoms with Crippen LogP contribution in [0, 0.1) is 29.6 Å². The van der Waals surface area contributed by atoms with E-state index in [1.807, 2.05) is 0 Å². The monoisotopic (exact) mass is 219 g/mol. The van der Waals surface area contributed by atoms with Gasteiger partial charge in [-0.15, -0.1) is 0 Å². The van der Waals surface area contributed by atoms with Gasteiger partial charge in [-0.05, 0) is 68.7 Å². The summed E-state index contributed by atoms with van der Waals surface area (Å²) >= 11 is 0. The van der Waals surface area contributed by atoms with E-state index in [2.05, 4.69) is 25.9 Å². The van der Waals surface area contributed by atoms with Gasteiger partial charge in [-0.2, -0.15) is 0 Å². The van der Waals surface area contributed by atoms with Gasteiger partial charge in [0.25, 0.3) is 0 Å². The van der Waals surface area contributed by atoms with Gasteiger partial charge in [0.05, 0.1) is 0 Å². The lowest BCUT2D eigenvalue weighted by Crippen LogP contribution is -2.30. The summed E-state index contributed by atoms with van der Waals surface area (Å²) in [5, 5.41) is 3.57. The van der Waals surface area contributed by atoms with Crippen LogP contribution in [0.15, 0.2) is 12.2 Å². The molecule has 0 spiro atoms. The number of hydrogen-bond acceptors (Lipinski definition) is 1. The van der Waals surface area contributed by atoms with Gasteiger partial charge in [0, 0.05) is 6.04 Å². The first-order valence-corrected chi connectivity index (χ1v) is 7.10. The highest BCUT2D eigenvalue weighted by atomic mass is 14.9. The normalized spacial score (nSPS) is 45.5. The molecule has 0 aliphatic heterocycles. The molecule has 0 aromatic heterocycles. The highest BCUT2D eigenvalue weighted by molar-refractivity contribution is 5.17. The second-order valence-corrected chi connectivity index (χ2v) is 6.27. The number of rotatable bonds is 5. The third-order valence-electron chi connectivity index (χ3n) is 5.64. The Morgan fingerprint density at radius 1 is 1.31 bits per heavy atom. The van der Waals surface area contributed by atoms with Gasteiger partial charge in [0.2, 0.25) is 0 Å². The predicted octanol–water partition coefficient (Wildman–Crippen LogP) is 3.22. The molecule has 5 atom stereocenters. The Hall–Kier alpha value is -0.300. The highest BCUT2D eigenvalue weighted by Crippen LogP contribution is 2.70. The van der Waals surface area contributed by atoms with E-state index >= 15 is 0 Å². The molecular formula is C15H25N. The zero-order valence-corrected chi connectivity index (χ0v) is 10.7. The van der Waals surface area contributed by atoms with E-state index < -0.39 is 0 Å². The van der Waals surface area contributed by atoms with Crippen molar-refractivity contribution in [3.63, 3.8) is 0 Å². The average molecular weight is 219 g/mol. The standard InChI is InChI=1S/C15H25N/c1-4-9(2)7-12(16-3)15-13-10-5-6-11(8-10)14(13)15/h10-16H,2,4-8H2,1,3H3.